The Balaban J connectivity index is 0.000000280. The van der Waals surface area contributed by atoms with Gasteiger partial charge in [-0.15, -0.1) is 0 Å². The Hall–Kier alpha value is -1.63. The first kappa shape index (κ1) is 12.4. The van der Waals surface area contributed by atoms with Crippen molar-refractivity contribution in [2.45, 2.75) is 19.9 Å². The molecule has 0 aliphatic carbocycles. The molecule has 1 aliphatic rings. The highest BCUT2D eigenvalue weighted by molar-refractivity contribution is 5.20. The maximum absolute atomic E-state index is 10.3. The topological polar surface area (TPSA) is 79.4 Å². The molecule has 0 amide bonds. The lowest BCUT2D eigenvalue weighted by atomic mass is 10.4. The van der Waals surface area contributed by atoms with Crippen LogP contribution in [-0.4, -0.2) is 34.8 Å². The number of hydrogen-bond donors (Lipinski definition) is 0. The van der Waals surface area contributed by atoms with Gasteiger partial charge >= 0.3 is 11.8 Å². The zero-order chi connectivity index (χ0) is 12.0. The fourth-order valence-corrected chi connectivity index (χ4v) is 1.15. The largest absolute Gasteiger partial charge is 0.446 e. The summed E-state index contributed by atoms with van der Waals surface area (Å²) in [6.07, 6.45) is 2.27. The van der Waals surface area contributed by atoms with Gasteiger partial charge in [0.15, 0.2) is 0 Å². The third-order valence-electron chi connectivity index (χ3n) is 1.98. The molecule has 0 saturated carbocycles. The first-order chi connectivity index (χ1) is 7.69. The van der Waals surface area contributed by atoms with Gasteiger partial charge < -0.3 is 19.6 Å². The molecule has 16 heavy (non-hydrogen) atoms. The number of ether oxygens (including phenoxy) is 2. The molecular formula is C9H15N3O4. The van der Waals surface area contributed by atoms with E-state index in [2.05, 4.69) is 9.72 Å². The maximum Gasteiger partial charge on any atom is 0.414 e. The van der Waals surface area contributed by atoms with Crippen molar-refractivity contribution >= 4 is 5.82 Å². The van der Waals surface area contributed by atoms with Crippen LogP contribution in [0.4, 0.5) is 5.82 Å². The van der Waals surface area contributed by atoms with Crippen LogP contribution in [0.1, 0.15) is 13.3 Å². The molecule has 2 heterocycles. The Bertz CT molecular complexity index is 325. The predicted octanol–water partition coefficient (Wildman–Crippen LogP) is 1.23. The summed E-state index contributed by atoms with van der Waals surface area (Å²) < 4.78 is 11.3. The van der Waals surface area contributed by atoms with Gasteiger partial charge in [-0.3, -0.25) is 4.57 Å². The van der Waals surface area contributed by atoms with Crippen LogP contribution in [-0.2, 0) is 11.3 Å². The normalized spacial score (nSPS) is 13.1. The molecule has 7 heteroatoms. The molecule has 2 rings (SSSR count). The van der Waals surface area contributed by atoms with Crippen molar-refractivity contribution in [3.05, 3.63) is 16.3 Å². The smallest absolute Gasteiger partial charge is 0.414 e. The number of aryl methyl sites for hydroxylation is 1. The van der Waals surface area contributed by atoms with Gasteiger partial charge in [0.2, 0.25) is 0 Å². The van der Waals surface area contributed by atoms with Crippen LogP contribution in [0.25, 0.3) is 0 Å². The summed E-state index contributed by atoms with van der Waals surface area (Å²) in [5.41, 5.74) is 0. The van der Waals surface area contributed by atoms with Crippen molar-refractivity contribution < 1.29 is 14.4 Å². The Morgan fingerprint density at radius 1 is 1.75 bits per heavy atom. The molecule has 0 spiro atoms. The number of fused-ring (bicyclic) bond motifs is 1. The first-order valence-corrected chi connectivity index (χ1v) is 5.02. The Morgan fingerprint density at radius 2 is 2.44 bits per heavy atom. The van der Waals surface area contributed by atoms with Gasteiger partial charge in [0.1, 0.15) is 6.20 Å². The predicted molar refractivity (Wildman–Crippen MR) is 56.5 cm³/mol. The van der Waals surface area contributed by atoms with Crippen molar-refractivity contribution in [1.82, 2.24) is 9.55 Å². The van der Waals surface area contributed by atoms with E-state index in [1.807, 2.05) is 6.92 Å². The van der Waals surface area contributed by atoms with E-state index in [4.69, 9.17) is 4.74 Å². The highest BCUT2D eigenvalue weighted by atomic mass is 16.6. The molecule has 1 aromatic heterocycles. The average Bonchev–Trinajstić information content (AvgIpc) is 2.73. The van der Waals surface area contributed by atoms with Gasteiger partial charge in [-0.1, -0.05) is 0 Å². The second kappa shape index (κ2) is 6.06. The van der Waals surface area contributed by atoms with Crippen LogP contribution in [0.2, 0.25) is 0 Å². The molecule has 7 nitrogen and oxygen atoms in total. The molecule has 0 saturated heterocycles. The number of methoxy groups -OCH3 is 1. The fourth-order valence-electron chi connectivity index (χ4n) is 1.15. The molecule has 0 bridgehead atoms. The van der Waals surface area contributed by atoms with Gasteiger partial charge in [-0.05, 0) is 18.3 Å². The number of aromatic nitrogens is 2. The monoisotopic (exact) mass is 229 g/mol. The van der Waals surface area contributed by atoms with Crippen LogP contribution in [0.5, 0.6) is 6.01 Å². The lowest BCUT2D eigenvalue weighted by Gasteiger charge is -2.09. The Kier molecular flexibility index (Phi) is 4.71. The minimum atomic E-state index is -0.519. The standard InChI is InChI=1S/C6H7N3O3.C3H8O/c10-9(11)5-4-8-2-1-3-12-6(8)7-5;1-3-4-2/h4H,1-3H2;3H2,1-2H3. The van der Waals surface area contributed by atoms with Crippen LogP contribution in [0.3, 0.4) is 0 Å². The van der Waals surface area contributed by atoms with Crippen LogP contribution >= 0.6 is 0 Å². The molecule has 0 atom stereocenters. The molecule has 0 fully saturated rings. The van der Waals surface area contributed by atoms with Crippen molar-refractivity contribution in [2.24, 2.45) is 0 Å². The van der Waals surface area contributed by atoms with Crippen molar-refractivity contribution in [3.63, 3.8) is 0 Å². The molecule has 0 aromatic carbocycles. The third kappa shape index (κ3) is 3.20. The van der Waals surface area contributed by atoms with Crippen molar-refractivity contribution in [3.8, 4) is 6.01 Å². The first-order valence-electron chi connectivity index (χ1n) is 5.02. The molecule has 0 unspecified atom stereocenters. The Labute approximate surface area is 93.1 Å². The summed E-state index contributed by atoms with van der Waals surface area (Å²) in [5.74, 6) is -0.146. The zero-order valence-corrected chi connectivity index (χ0v) is 9.38. The summed E-state index contributed by atoms with van der Waals surface area (Å²) in [5, 5.41) is 10.3. The molecule has 1 aliphatic heterocycles. The Morgan fingerprint density at radius 3 is 2.94 bits per heavy atom. The summed E-state index contributed by atoms with van der Waals surface area (Å²) in [6, 6.07) is 0.355. The summed E-state index contributed by atoms with van der Waals surface area (Å²) in [7, 11) is 1.68. The molecule has 0 N–H and O–H groups in total. The second-order valence-corrected chi connectivity index (χ2v) is 3.11. The molecule has 1 aromatic rings. The van der Waals surface area contributed by atoms with Gasteiger partial charge in [0, 0.05) is 25.2 Å². The molecule has 0 radical (unpaired) electrons. The lowest BCUT2D eigenvalue weighted by molar-refractivity contribution is -0.389. The van der Waals surface area contributed by atoms with Crippen molar-refractivity contribution in [2.75, 3.05) is 20.3 Å². The fraction of sp³-hybridized carbons (Fsp3) is 0.667. The number of nitrogens with zero attached hydrogens (tertiary/aromatic N) is 3. The highest BCUT2D eigenvalue weighted by Gasteiger charge is 2.22. The second-order valence-electron chi connectivity index (χ2n) is 3.11. The molecular weight excluding hydrogens is 214 g/mol. The molecule has 90 valence electrons. The van der Waals surface area contributed by atoms with E-state index in [0.717, 1.165) is 19.6 Å². The van der Waals surface area contributed by atoms with Gasteiger partial charge in [0.05, 0.1) is 6.61 Å². The average molecular weight is 229 g/mol. The van der Waals surface area contributed by atoms with Crippen LogP contribution in [0, 0.1) is 10.1 Å². The lowest BCUT2D eigenvalue weighted by Crippen LogP contribution is -2.13. The number of hydrogen-bond acceptors (Lipinski definition) is 5. The maximum atomic E-state index is 10.3. The van der Waals surface area contributed by atoms with E-state index >= 15 is 0 Å². The van der Waals surface area contributed by atoms with E-state index < -0.39 is 4.92 Å². The van der Waals surface area contributed by atoms with E-state index in [1.54, 1.807) is 11.7 Å². The summed E-state index contributed by atoms with van der Waals surface area (Å²) in [6.45, 7) is 4.12. The van der Waals surface area contributed by atoms with E-state index in [9.17, 15) is 10.1 Å². The highest BCUT2D eigenvalue weighted by Crippen LogP contribution is 2.20. The van der Waals surface area contributed by atoms with Gasteiger partial charge in [-0.25, -0.2) is 0 Å². The minimum Gasteiger partial charge on any atom is -0.446 e. The summed E-state index contributed by atoms with van der Waals surface area (Å²) in [4.78, 5) is 13.5. The third-order valence-corrected chi connectivity index (χ3v) is 1.98. The number of imidazole rings is 1. The van der Waals surface area contributed by atoms with Gasteiger partial charge in [0.25, 0.3) is 0 Å². The number of rotatable bonds is 2. The van der Waals surface area contributed by atoms with E-state index in [-0.39, 0.29) is 5.82 Å². The SMILES string of the molecule is CCOC.O=[N+]([O-])c1cn2c(n1)OCCC2. The van der Waals surface area contributed by atoms with Crippen molar-refractivity contribution in [1.29, 1.82) is 0 Å². The number of nitro groups is 1. The minimum absolute atomic E-state index is 0.146. The zero-order valence-electron chi connectivity index (χ0n) is 9.38. The van der Waals surface area contributed by atoms with Gasteiger partial charge in [-0.2, -0.15) is 0 Å². The van der Waals surface area contributed by atoms with E-state index in [1.165, 1.54) is 6.20 Å². The summed E-state index contributed by atoms with van der Waals surface area (Å²) >= 11 is 0. The van der Waals surface area contributed by atoms with Crippen LogP contribution < -0.4 is 4.74 Å². The van der Waals surface area contributed by atoms with Crippen LogP contribution in [0.15, 0.2) is 6.20 Å². The quantitative estimate of drug-likeness (QED) is 0.562. The van der Waals surface area contributed by atoms with E-state index in [0.29, 0.717) is 12.6 Å².